The summed E-state index contributed by atoms with van der Waals surface area (Å²) in [5.74, 6) is -2.22. The number of hydrogen-bond acceptors (Lipinski definition) is 6. The number of esters is 1. The summed E-state index contributed by atoms with van der Waals surface area (Å²) in [6, 6.07) is 11.9. The third-order valence-electron chi connectivity index (χ3n) is 5.02. The lowest BCUT2D eigenvalue weighted by atomic mass is 10.0. The maximum atomic E-state index is 13.2. The summed E-state index contributed by atoms with van der Waals surface area (Å²) < 4.78 is 23.8. The largest absolute Gasteiger partial charge is 0.465 e. The lowest BCUT2D eigenvalue weighted by Gasteiger charge is -2.26. The summed E-state index contributed by atoms with van der Waals surface area (Å²) in [5.41, 5.74) is 1.57. The third kappa shape index (κ3) is 4.16. The van der Waals surface area contributed by atoms with Crippen molar-refractivity contribution in [2.75, 3.05) is 12.0 Å². The highest BCUT2D eigenvalue weighted by Crippen LogP contribution is 2.29. The molecule has 2 aromatic carbocycles. The van der Waals surface area contributed by atoms with Gasteiger partial charge in [0.05, 0.1) is 18.4 Å². The van der Waals surface area contributed by atoms with Crippen molar-refractivity contribution < 1.29 is 32.7 Å². The molecule has 8 nitrogen and oxygen atoms in total. The van der Waals surface area contributed by atoms with E-state index >= 15 is 0 Å². The minimum Gasteiger partial charge on any atom is -0.465 e. The summed E-state index contributed by atoms with van der Waals surface area (Å²) in [7, 11) is 1.28. The first kappa shape index (κ1) is 21.7. The number of furan rings is 1. The van der Waals surface area contributed by atoms with Crippen molar-refractivity contribution in [2.45, 2.75) is 6.92 Å². The summed E-state index contributed by atoms with van der Waals surface area (Å²) in [6.07, 6.45) is 1.21. The van der Waals surface area contributed by atoms with Crippen LogP contribution < -0.4 is 10.2 Å². The number of nitrogens with zero attached hydrogens (tertiary/aromatic N) is 1. The molecule has 4 amide bonds. The van der Waals surface area contributed by atoms with Crippen LogP contribution in [0.5, 0.6) is 0 Å². The van der Waals surface area contributed by atoms with Crippen LogP contribution >= 0.6 is 0 Å². The molecule has 9 heteroatoms. The summed E-state index contributed by atoms with van der Waals surface area (Å²) >= 11 is 0. The molecule has 1 N–H and O–H groups in total. The Balaban J connectivity index is 1.68. The summed E-state index contributed by atoms with van der Waals surface area (Å²) in [5, 5.41) is 2.09. The number of halogens is 1. The Hall–Kier alpha value is -4.53. The molecule has 1 aliphatic heterocycles. The molecule has 0 aliphatic carbocycles. The lowest BCUT2D eigenvalue weighted by Crippen LogP contribution is -2.54. The van der Waals surface area contributed by atoms with Crippen LogP contribution in [-0.2, 0) is 14.3 Å². The molecule has 0 unspecified atom stereocenters. The van der Waals surface area contributed by atoms with E-state index < -0.39 is 29.6 Å². The van der Waals surface area contributed by atoms with Crippen molar-refractivity contribution >= 4 is 35.6 Å². The van der Waals surface area contributed by atoms with Gasteiger partial charge in [0.15, 0.2) is 0 Å². The molecule has 1 fully saturated rings. The van der Waals surface area contributed by atoms with E-state index in [1.54, 1.807) is 30.3 Å². The van der Waals surface area contributed by atoms with Crippen molar-refractivity contribution in [1.82, 2.24) is 5.32 Å². The van der Waals surface area contributed by atoms with Crippen LogP contribution in [0.1, 0.15) is 21.7 Å². The average Bonchev–Trinajstić information content (AvgIpc) is 3.26. The number of benzene rings is 2. The van der Waals surface area contributed by atoms with E-state index in [9.17, 15) is 23.6 Å². The predicted molar refractivity (Wildman–Crippen MR) is 116 cm³/mol. The number of nitrogens with one attached hydrogen (secondary N) is 1. The fourth-order valence-electron chi connectivity index (χ4n) is 3.33. The first-order valence-electron chi connectivity index (χ1n) is 9.74. The van der Waals surface area contributed by atoms with E-state index in [1.807, 2.05) is 6.92 Å². The minimum atomic E-state index is -0.941. The fourth-order valence-corrected chi connectivity index (χ4v) is 3.33. The van der Waals surface area contributed by atoms with E-state index in [2.05, 4.69) is 5.32 Å². The van der Waals surface area contributed by atoms with Crippen molar-refractivity contribution in [3.63, 3.8) is 0 Å². The number of ether oxygens (including phenoxy) is 1. The van der Waals surface area contributed by atoms with Gasteiger partial charge in [-0.3, -0.25) is 14.9 Å². The van der Waals surface area contributed by atoms with E-state index in [1.165, 1.54) is 25.3 Å². The van der Waals surface area contributed by atoms with Gasteiger partial charge in [-0.25, -0.2) is 18.9 Å². The zero-order valence-corrected chi connectivity index (χ0v) is 17.5. The molecule has 0 atom stereocenters. The van der Waals surface area contributed by atoms with Gasteiger partial charge in [0.2, 0.25) is 0 Å². The maximum absolute atomic E-state index is 13.2. The lowest BCUT2D eigenvalue weighted by molar-refractivity contribution is -0.122. The molecule has 0 saturated carbocycles. The van der Waals surface area contributed by atoms with E-state index in [0.29, 0.717) is 16.9 Å². The molecule has 3 aromatic rings. The second kappa shape index (κ2) is 8.54. The van der Waals surface area contributed by atoms with Crippen LogP contribution in [-0.4, -0.2) is 30.9 Å². The Bertz CT molecular complexity index is 1320. The van der Waals surface area contributed by atoms with Gasteiger partial charge in [0.25, 0.3) is 11.8 Å². The number of imide groups is 2. The van der Waals surface area contributed by atoms with E-state index in [4.69, 9.17) is 9.15 Å². The molecule has 2 heterocycles. The Labute approximate surface area is 187 Å². The second-order valence-electron chi connectivity index (χ2n) is 7.16. The molecular weight excluding hydrogens is 431 g/mol. The van der Waals surface area contributed by atoms with Gasteiger partial charge in [0, 0.05) is 5.56 Å². The number of anilines is 1. The first-order valence-corrected chi connectivity index (χ1v) is 9.74. The zero-order chi connectivity index (χ0) is 23.7. The SMILES string of the molecule is COC(=O)c1ccc(C)c(-c2ccc(/C=C3\C(=O)NC(=O)N(c4ccc(F)cc4)C3=O)o2)c1. The highest BCUT2D eigenvalue weighted by atomic mass is 19.1. The van der Waals surface area contributed by atoms with Crippen LogP contribution in [0.4, 0.5) is 14.9 Å². The smallest absolute Gasteiger partial charge is 0.337 e. The Morgan fingerprint density at radius 2 is 1.79 bits per heavy atom. The number of barbiturate groups is 1. The molecule has 0 spiro atoms. The first-order chi connectivity index (χ1) is 15.8. The van der Waals surface area contributed by atoms with Crippen LogP contribution in [0.15, 0.2) is 64.6 Å². The highest BCUT2D eigenvalue weighted by molar-refractivity contribution is 6.39. The quantitative estimate of drug-likeness (QED) is 0.369. The number of hydrogen-bond donors (Lipinski definition) is 1. The standard InChI is InChI=1S/C24H17FN2O6/c1-13-3-4-14(23(30)32-2)11-18(13)20-10-9-17(33-20)12-19-21(28)26-24(31)27(22(19)29)16-7-5-15(25)6-8-16/h3-12H,1-2H3,(H,26,28,31)/b19-12+. The number of carbonyl (C=O) groups is 4. The van der Waals surface area contributed by atoms with Crippen LogP contribution in [0.2, 0.25) is 0 Å². The number of aryl methyl sites for hydroxylation is 1. The van der Waals surface area contributed by atoms with Gasteiger partial charge in [-0.2, -0.15) is 0 Å². The van der Waals surface area contributed by atoms with E-state index in [-0.39, 0.29) is 17.0 Å². The van der Waals surface area contributed by atoms with Crippen molar-refractivity contribution in [1.29, 1.82) is 0 Å². The molecule has 33 heavy (non-hydrogen) atoms. The molecule has 1 aliphatic rings. The van der Waals surface area contributed by atoms with Gasteiger partial charge in [-0.05, 0) is 67.1 Å². The molecule has 1 aromatic heterocycles. The van der Waals surface area contributed by atoms with Crippen molar-refractivity contribution in [2.24, 2.45) is 0 Å². The fraction of sp³-hybridized carbons (Fsp3) is 0.0833. The summed E-state index contributed by atoms with van der Waals surface area (Å²) in [4.78, 5) is 50.1. The van der Waals surface area contributed by atoms with Crippen LogP contribution in [0, 0.1) is 12.7 Å². The predicted octanol–water partition coefficient (Wildman–Crippen LogP) is 3.85. The van der Waals surface area contributed by atoms with Gasteiger partial charge >= 0.3 is 12.0 Å². The third-order valence-corrected chi connectivity index (χ3v) is 5.02. The Morgan fingerprint density at radius 1 is 1.06 bits per heavy atom. The number of rotatable bonds is 4. The van der Waals surface area contributed by atoms with Crippen LogP contribution in [0.3, 0.4) is 0 Å². The minimum absolute atomic E-state index is 0.104. The second-order valence-corrected chi connectivity index (χ2v) is 7.16. The van der Waals surface area contributed by atoms with Gasteiger partial charge in [0.1, 0.15) is 22.9 Å². The number of carbonyl (C=O) groups excluding carboxylic acids is 4. The topological polar surface area (TPSA) is 106 Å². The molecule has 0 radical (unpaired) electrons. The van der Waals surface area contributed by atoms with Crippen molar-refractivity contribution in [3.8, 4) is 11.3 Å². The molecule has 0 bridgehead atoms. The molecule has 1 saturated heterocycles. The average molecular weight is 448 g/mol. The zero-order valence-electron chi connectivity index (χ0n) is 17.5. The molecule has 4 rings (SSSR count). The Morgan fingerprint density at radius 3 is 2.48 bits per heavy atom. The maximum Gasteiger partial charge on any atom is 0.337 e. The highest BCUT2D eigenvalue weighted by Gasteiger charge is 2.37. The van der Waals surface area contributed by atoms with Crippen LogP contribution in [0.25, 0.3) is 17.4 Å². The number of urea groups is 1. The van der Waals surface area contributed by atoms with Gasteiger partial charge < -0.3 is 9.15 Å². The van der Waals surface area contributed by atoms with Gasteiger partial charge in [-0.15, -0.1) is 0 Å². The monoisotopic (exact) mass is 448 g/mol. The number of amides is 4. The molecule has 166 valence electrons. The van der Waals surface area contributed by atoms with E-state index in [0.717, 1.165) is 22.6 Å². The van der Waals surface area contributed by atoms with Gasteiger partial charge in [-0.1, -0.05) is 6.07 Å². The number of methoxy groups -OCH3 is 1. The van der Waals surface area contributed by atoms with Crippen molar-refractivity contribution in [3.05, 3.63) is 82.9 Å². The Kier molecular flexibility index (Phi) is 5.61. The normalized spacial score (nSPS) is 15.1. The summed E-state index contributed by atoms with van der Waals surface area (Å²) in [6.45, 7) is 1.83. The molecular formula is C24H17FN2O6.